The SMILES string of the molecule is O=C(c1n[nH]c2c1CCC2)N1CCCC[C@@H]1c1nc2ccccc2[nH]1. The number of aromatic nitrogens is 4. The fourth-order valence-corrected chi connectivity index (χ4v) is 4.22. The Labute approximate surface area is 145 Å². The van der Waals surface area contributed by atoms with Crippen LogP contribution in [0.1, 0.15) is 59.3 Å². The summed E-state index contributed by atoms with van der Waals surface area (Å²) in [6, 6.07) is 8.03. The molecule has 1 aliphatic carbocycles. The van der Waals surface area contributed by atoms with Crippen molar-refractivity contribution >= 4 is 16.9 Å². The van der Waals surface area contributed by atoms with Crippen LogP contribution in [-0.2, 0) is 12.8 Å². The zero-order valence-electron chi connectivity index (χ0n) is 14.1. The quantitative estimate of drug-likeness (QED) is 0.755. The predicted molar refractivity (Wildman–Crippen MR) is 94.3 cm³/mol. The van der Waals surface area contributed by atoms with Gasteiger partial charge in [-0.1, -0.05) is 12.1 Å². The summed E-state index contributed by atoms with van der Waals surface area (Å²) in [7, 11) is 0. The van der Waals surface area contributed by atoms with Gasteiger partial charge in [0.1, 0.15) is 5.82 Å². The van der Waals surface area contributed by atoms with Gasteiger partial charge in [-0.15, -0.1) is 0 Å². The molecule has 0 spiro atoms. The molecule has 6 nitrogen and oxygen atoms in total. The van der Waals surface area contributed by atoms with E-state index in [0.29, 0.717) is 5.69 Å². The minimum atomic E-state index is 0.00223. The molecule has 3 heterocycles. The molecule has 0 saturated carbocycles. The second-order valence-corrected chi connectivity index (χ2v) is 7.03. The van der Waals surface area contributed by atoms with Crippen LogP contribution < -0.4 is 0 Å². The lowest BCUT2D eigenvalue weighted by Gasteiger charge is -2.34. The summed E-state index contributed by atoms with van der Waals surface area (Å²) in [5, 5.41) is 7.40. The number of aromatic amines is 2. The Morgan fingerprint density at radius 3 is 3.00 bits per heavy atom. The molecule has 0 bridgehead atoms. The number of H-pyrrole nitrogens is 2. The first kappa shape index (κ1) is 14.7. The minimum Gasteiger partial charge on any atom is -0.340 e. The van der Waals surface area contributed by atoms with Gasteiger partial charge < -0.3 is 9.88 Å². The van der Waals surface area contributed by atoms with E-state index in [4.69, 9.17) is 4.98 Å². The number of amides is 1. The van der Waals surface area contributed by atoms with Gasteiger partial charge >= 0.3 is 0 Å². The van der Waals surface area contributed by atoms with Crippen molar-refractivity contribution in [2.45, 2.75) is 44.6 Å². The summed E-state index contributed by atoms with van der Waals surface area (Å²) in [6.45, 7) is 0.766. The number of aryl methyl sites for hydroxylation is 1. The second-order valence-electron chi connectivity index (χ2n) is 7.03. The number of imidazole rings is 1. The topological polar surface area (TPSA) is 77.7 Å². The number of fused-ring (bicyclic) bond motifs is 2. The van der Waals surface area contributed by atoms with Gasteiger partial charge in [0.2, 0.25) is 0 Å². The Balaban J connectivity index is 1.50. The van der Waals surface area contributed by atoms with Crippen LogP contribution in [0, 0.1) is 0 Å². The highest BCUT2D eigenvalue weighted by atomic mass is 16.2. The maximum atomic E-state index is 13.2. The maximum absolute atomic E-state index is 13.2. The summed E-state index contributed by atoms with van der Waals surface area (Å²) in [5.74, 6) is 0.936. The first-order chi connectivity index (χ1) is 12.3. The summed E-state index contributed by atoms with van der Waals surface area (Å²) in [4.78, 5) is 23.3. The van der Waals surface area contributed by atoms with Crippen molar-refractivity contribution in [3.63, 3.8) is 0 Å². The summed E-state index contributed by atoms with van der Waals surface area (Å²) in [5.41, 5.74) is 4.86. The van der Waals surface area contributed by atoms with E-state index in [0.717, 1.165) is 73.2 Å². The second kappa shape index (κ2) is 5.72. The number of hydrogen-bond donors (Lipinski definition) is 2. The van der Waals surface area contributed by atoms with E-state index < -0.39 is 0 Å². The van der Waals surface area contributed by atoms with Gasteiger partial charge in [0, 0.05) is 17.8 Å². The molecule has 5 rings (SSSR count). The highest BCUT2D eigenvalue weighted by Gasteiger charge is 2.34. The number of rotatable bonds is 2. The highest BCUT2D eigenvalue weighted by Crippen LogP contribution is 2.33. The van der Waals surface area contributed by atoms with Gasteiger partial charge in [-0.25, -0.2) is 4.98 Å². The van der Waals surface area contributed by atoms with Gasteiger partial charge in [-0.05, 0) is 50.7 Å². The van der Waals surface area contributed by atoms with E-state index in [9.17, 15) is 4.79 Å². The van der Waals surface area contributed by atoms with Crippen LogP contribution in [-0.4, -0.2) is 37.5 Å². The van der Waals surface area contributed by atoms with Crippen LogP contribution in [0.2, 0.25) is 0 Å². The molecule has 1 fully saturated rings. The normalized spacial score (nSPS) is 20.2. The van der Waals surface area contributed by atoms with Gasteiger partial charge in [0.15, 0.2) is 5.69 Å². The fourth-order valence-electron chi connectivity index (χ4n) is 4.22. The third kappa shape index (κ3) is 2.35. The van der Waals surface area contributed by atoms with Crippen molar-refractivity contribution in [3.05, 3.63) is 47.0 Å². The third-order valence-corrected chi connectivity index (χ3v) is 5.50. The first-order valence-electron chi connectivity index (χ1n) is 9.13. The molecule has 1 amide bonds. The Hall–Kier alpha value is -2.63. The van der Waals surface area contributed by atoms with Crippen molar-refractivity contribution in [2.24, 2.45) is 0 Å². The Morgan fingerprint density at radius 1 is 1.16 bits per heavy atom. The average Bonchev–Trinajstić information content (AvgIpc) is 3.35. The van der Waals surface area contributed by atoms with Crippen molar-refractivity contribution in [2.75, 3.05) is 6.54 Å². The molecule has 0 unspecified atom stereocenters. The lowest BCUT2D eigenvalue weighted by atomic mass is 10.0. The lowest BCUT2D eigenvalue weighted by Crippen LogP contribution is -2.39. The number of carbonyl (C=O) groups is 1. The number of para-hydroxylation sites is 2. The van der Waals surface area contributed by atoms with E-state index in [-0.39, 0.29) is 11.9 Å². The molecule has 1 aliphatic heterocycles. The zero-order valence-corrected chi connectivity index (χ0v) is 14.1. The van der Waals surface area contributed by atoms with Crippen LogP contribution in [0.4, 0.5) is 0 Å². The molecular formula is C19H21N5O. The third-order valence-electron chi connectivity index (χ3n) is 5.50. The molecular weight excluding hydrogens is 314 g/mol. The van der Waals surface area contributed by atoms with Gasteiger partial charge in [0.25, 0.3) is 5.91 Å². The maximum Gasteiger partial charge on any atom is 0.275 e. The summed E-state index contributed by atoms with van der Waals surface area (Å²) in [6.07, 6.45) is 6.16. The van der Waals surface area contributed by atoms with Crippen LogP contribution in [0.3, 0.4) is 0 Å². The molecule has 128 valence electrons. The summed E-state index contributed by atoms with van der Waals surface area (Å²) < 4.78 is 0. The van der Waals surface area contributed by atoms with Crippen molar-refractivity contribution in [1.82, 2.24) is 25.1 Å². The predicted octanol–water partition coefficient (Wildman–Crippen LogP) is 3.14. The van der Waals surface area contributed by atoms with Gasteiger partial charge in [-0.2, -0.15) is 5.10 Å². The zero-order chi connectivity index (χ0) is 16.8. The highest BCUT2D eigenvalue weighted by molar-refractivity contribution is 5.94. The lowest BCUT2D eigenvalue weighted by molar-refractivity contribution is 0.0594. The fraction of sp³-hybridized carbons (Fsp3) is 0.421. The molecule has 3 aromatic rings. The van der Waals surface area contributed by atoms with Crippen LogP contribution in [0.25, 0.3) is 11.0 Å². The molecule has 0 radical (unpaired) electrons. The van der Waals surface area contributed by atoms with Crippen molar-refractivity contribution < 1.29 is 4.79 Å². The van der Waals surface area contributed by atoms with E-state index in [2.05, 4.69) is 15.2 Å². The monoisotopic (exact) mass is 335 g/mol. The van der Waals surface area contributed by atoms with Gasteiger partial charge in [-0.3, -0.25) is 9.89 Å². The number of hydrogen-bond acceptors (Lipinski definition) is 3. The van der Waals surface area contributed by atoms with Crippen LogP contribution in [0.15, 0.2) is 24.3 Å². The number of nitrogens with zero attached hydrogens (tertiary/aromatic N) is 3. The van der Waals surface area contributed by atoms with E-state index >= 15 is 0 Å². The summed E-state index contributed by atoms with van der Waals surface area (Å²) >= 11 is 0. The molecule has 1 saturated heterocycles. The van der Waals surface area contributed by atoms with E-state index in [1.807, 2.05) is 29.2 Å². The number of piperidine rings is 1. The number of carbonyl (C=O) groups excluding carboxylic acids is 1. The Morgan fingerprint density at radius 2 is 2.08 bits per heavy atom. The minimum absolute atomic E-state index is 0.00223. The molecule has 1 aromatic carbocycles. The Bertz CT molecular complexity index is 907. The van der Waals surface area contributed by atoms with Crippen molar-refractivity contribution in [3.8, 4) is 0 Å². The molecule has 2 aliphatic rings. The van der Waals surface area contributed by atoms with E-state index in [1.165, 1.54) is 0 Å². The van der Waals surface area contributed by atoms with Crippen LogP contribution >= 0.6 is 0 Å². The van der Waals surface area contributed by atoms with Crippen molar-refractivity contribution in [1.29, 1.82) is 0 Å². The molecule has 1 atom stereocenters. The first-order valence-corrected chi connectivity index (χ1v) is 9.13. The number of nitrogens with one attached hydrogen (secondary N) is 2. The molecule has 6 heteroatoms. The van der Waals surface area contributed by atoms with E-state index in [1.54, 1.807) is 0 Å². The van der Waals surface area contributed by atoms with Gasteiger partial charge in [0.05, 0.1) is 17.1 Å². The number of likely N-dealkylation sites (tertiary alicyclic amines) is 1. The molecule has 25 heavy (non-hydrogen) atoms. The standard InChI is InChI=1S/C19H21N5O/c25-19(17-12-6-5-9-13(12)22-23-17)24-11-4-3-10-16(24)18-20-14-7-1-2-8-15(14)21-18/h1-2,7-8,16H,3-6,9-11H2,(H,20,21)(H,22,23)/t16-/m1/s1. The largest absolute Gasteiger partial charge is 0.340 e. The average molecular weight is 335 g/mol. The van der Waals surface area contributed by atoms with Crippen LogP contribution in [0.5, 0.6) is 0 Å². The molecule has 2 N–H and O–H groups in total. The smallest absolute Gasteiger partial charge is 0.275 e. The Kier molecular flexibility index (Phi) is 3.36. The molecule has 2 aromatic heterocycles. The number of benzene rings is 1.